The summed E-state index contributed by atoms with van der Waals surface area (Å²) < 4.78 is 39.6. The van der Waals surface area contributed by atoms with Gasteiger partial charge in [-0.3, -0.25) is 4.68 Å². The van der Waals surface area contributed by atoms with Gasteiger partial charge in [-0.2, -0.15) is 18.3 Å². The standard InChI is InChI=1S/C19H14F3N5/c20-19(21,22)14-8-6-12(7-9-14)10-27-11-15-16(23)24-17(25-18(15)26-27)13-4-2-1-3-5-13/h1-9,11H,10H2,(H2,23,24,25,26). The van der Waals surface area contributed by atoms with Crippen LogP contribution in [0.15, 0.2) is 60.8 Å². The van der Waals surface area contributed by atoms with E-state index < -0.39 is 11.7 Å². The Kier molecular flexibility index (Phi) is 4.02. The van der Waals surface area contributed by atoms with Crippen LogP contribution in [-0.4, -0.2) is 19.7 Å². The molecule has 0 atom stereocenters. The number of nitrogen functional groups attached to an aromatic ring is 1. The summed E-state index contributed by atoms with van der Waals surface area (Å²) in [6.45, 7) is 0.300. The summed E-state index contributed by atoms with van der Waals surface area (Å²) in [6.07, 6.45) is -2.66. The molecule has 4 rings (SSSR count). The molecule has 0 aliphatic rings. The molecule has 2 aromatic heterocycles. The van der Waals surface area contributed by atoms with Gasteiger partial charge in [0.15, 0.2) is 11.5 Å². The molecule has 0 spiro atoms. The van der Waals surface area contributed by atoms with E-state index in [9.17, 15) is 13.2 Å². The molecule has 0 bridgehead atoms. The Morgan fingerprint density at radius 2 is 1.63 bits per heavy atom. The van der Waals surface area contributed by atoms with Crippen LogP contribution < -0.4 is 5.73 Å². The van der Waals surface area contributed by atoms with Gasteiger partial charge in [0.05, 0.1) is 17.5 Å². The van der Waals surface area contributed by atoms with Gasteiger partial charge in [-0.05, 0) is 17.7 Å². The maximum atomic E-state index is 12.7. The Morgan fingerprint density at radius 1 is 0.926 bits per heavy atom. The van der Waals surface area contributed by atoms with Crippen LogP contribution in [0.3, 0.4) is 0 Å². The largest absolute Gasteiger partial charge is 0.416 e. The molecule has 2 N–H and O–H groups in total. The van der Waals surface area contributed by atoms with Crippen molar-refractivity contribution in [3.8, 4) is 11.4 Å². The van der Waals surface area contributed by atoms with Gasteiger partial charge in [0.1, 0.15) is 5.82 Å². The second kappa shape index (κ2) is 6.39. The minimum Gasteiger partial charge on any atom is -0.383 e. The van der Waals surface area contributed by atoms with Crippen LogP contribution in [0.4, 0.5) is 19.0 Å². The van der Waals surface area contributed by atoms with Crippen molar-refractivity contribution in [2.24, 2.45) is 0 Å². The Hall–Kier alpha value is -3.42. The van der Waals surface area contributed by atoms with Crippen LogP contribution in [0.2, 0.25) is 0 Å². The molecular weight excluding hydrogens is 355 g/mol. The lowest BCUT2D eigenvalue weighted by atomic mass is 10.1. The first-order valence-electron chi connectivity index (χ1n) is 8.12. The summed E-state index contributed by atoms with van der Waals surface area (Å²) in [5.74, 6) is 0.776. The number of nitrogens with two attached hydrogens (primary N) is 1. The zero-order valence-electron chi connectivity index (χ0n) is 14.0. The molecule has 0 aliphatic carbocycles. The van der Waals surface area contributed by atoms with Crippen molar-refractivity contribution >= 4 is 16.9 Å². The highest BCUT2D eigenvalue weighted by Gasteiger charge is 2.29. The van der Waals surface area contributed by atoms with E-state index in [1.54, 1.807) is 10.9 Å². The molecule has 0 radical (unpaired) electrons. The number of fused-ring (bicyclic) bond motifs is 1. The van der Waals surface area contributed by atoms with Crippen LogP contribution in [-0.2, 0) is 12.7 Å². The molecule has 0 unspecified atom stereocenters. The lowest BCUT2D eigenvalue weighted by Gasteiger charge is -2.07. The number of hydrogen-bond donors (Lipinski definition) is 1. The minimum atomic E-state index is -4.35. The van der Waals surface area contributed by atoms with Crippen molar-refractivity contribution in [2.45, 2.75) is 12.7 Å². The third kappa shape index (κ3) is 3.46. The molecule has 27 heavy (non-hydrogen) atoms. The highest BCUT2D eigenvalue weighted by Crippen LogP contribution is 2.29. The summed E-state index contributed by atoms with van der Waals surface area (Å²) in [4.78, 5) is 8.76. The van der Waals surface area contributed by atoms with Gasteiger partial charge in [-0.25, -0.2) is 9.97 Å². The fourth-order valence-electron chi connectivity index (χ4n) is 2.76. The number of halogens is 3. The predicted molar refractivity (Wildman–Crippen MR) is 95.7 cm³/mol. The number of alkyl halides is 3. The number of rotatable bonds is 3. The first-order valence-corrected chi connectivity index (χ1v) is 8.12. The molecule has 0 amide bonds. The van der Waals surface area contributed by atoms with Crippen molar-refractivity contribution in [1.82, 2.24) is 19.7 Å². The van der Waals surface area contributed by atoms with Crippen LogP contribution in [0.5, 0.6) is 0 Å². The molecule has 8 heteroatoms. The zero-order chi connectivity index (χ0) is 19.0. The number of nitrogens with zero attached hydrogens (tertiary/aromatic N) is 4. The van der Waals surface area contributed by atoms with E-state index in [0.717, 1.165) is 17.7 Å². The smallest absolute Gasteiger partial charge is 0.383 e. The normalized spacial score (nSPS) is 11.8. The highest BCUT2D eigenvalue weighted by atomic mass is 19.4. The van der Waals surface area contributed by atoms with Gasteiger partial charge < -0.3 is 5.73 Å². The fourth-order valence-corrected chi connectivity index (χ4v) is 2.76. The molecule has 0 saturated carbocycles. The molecule has 4 aromatic rings. The lowest BCUT2D eigenvalue weighted by molar-refractivity contribution is -0.137. The van der Waals surface area contributed by atoms with Gasteiger partial charge >= 0.3 is 6.18 Å². The van der Waals surface area contributed by atoms with Gasteiger partial charge in [-0.15, -0.1) is 0 Å². The molecule has 2 heterocycles. The third-order valence-corrected chi connectivity index (χ3v) is 4.11. The van der Waals surface area contributed by atoms with E-state index >= 15 is 0 Å². The van der Waals surface area contributed by atoms with E-state index in [0.29, 0.717) is 34.8 Å². The van der Waals surface area contributed by atoms with Gasteiger partial charge in [0.2, 0.25) is 0 Å². The maximum Gasteiger partial charge on any atom is 0.416 e. The minimum absolute atomic E-state index is 0.300. The van der Waals surface area contributed by atoms with Crippen molar-refractivity contribution in [1.29, 1.82) is 0 Å². The van der Waals surface area contributed by atoms with Crippen molar-refractivity contribution in [3.05, 3.63) is 71.9 Å². The first kappa shape index (κ1) is 17.0. The fraction of sp³-hybridized carbons (Fsp3) is 0.105. The summed E-state index contributed by atoms with van der Waals surface area (Å²) in [5.41, 5.74) is 7.30. The Balaban J connectivity index is 1.65. The van der Waals surface area contributed by atoms with Gasteiger partial charge in [0, 0.05) is 11.8 Å². The summed E-state index contributed by atoms with van der Waals surface area (Å²) >= 11 is 0. The van der Waals surface area contributed by atoms with Gasteiger partial charge in [-0.1, -0.05) is 42.5 Å². The molecule has 0 saturated heterocycles. The van der Waals surface area contributed by atoms with E-state index in [2.05, 4.69) is 15.1 Å². The number of aromatic nitrogens is 4. The number of benzene rings is 2. The summed E-state index contributed by atoms with van der Waals surface area (Å²) in [7, 11) is 0. The Bertz CT molecular complexity index is 1090. The predicted octanol–water partition coefficient (Wildman–Crippen LogP) is 4.14. The third-order valence-electron chi connectivity index (χ3n) is 4.11. The Morgan fingerprint density at radius 3 is 2.30 bits per heavy atom. The van der Waals surface area contributed by atoms with Crippen LogP contribution >= 0.6 is 0 Å². The van der Waals surface area contributed by atoms with Crippen LogP contribution in [0.25, 0.3) is 22.4 Å². The van der Waals surface area contributed by atoms with Crippen molar-refractivity contribution in [3.63, 3.8) is 0 Å². The maximum absolute atomic E-state index is 12.7. The summed E-state index contributed by atoms with van der Waals surface area (Å²) in [5, 5.41) is 4.99. The molecule has 0 aliphatic heterocycles. The van der Waals surface area contributed by atoms with E-state index in [1.165, 1.54) is 12.1 Å². The molecule has 5 nitrogen and oxygen atoms in total. The van der Waals surface area contributed by atoms with Crippen LogP contribution in [0, 0.1) is 0 Å². The zero-order valence-corrected chi connectivity index (χ0v) is 14.0. The van der Waals surface area contributed by atoms with E-state index in [-0.39, 0.29) is 0 Å². The molecule has 136 valence electrons. The second-order valence-corrected chi connectivity index (χ2v) is 6.06. The average Bonchev–Trinajstić information content (AvgIpc) is 3.05. The quantitative estimate of drug-likeness (QED) is 0.589. The lowest BCUT2D eigenvalue weighted by Crippen LogP contribution is -2.05. The topological polar surface area (TPSA) is 69.6 Å². The molecule has 0 fully saturated rings. The molecular formula is C19H14F3N5. The second-order valence-electron chi connectivity index (χ2n) is 6.06. The number of hydrogen-bond acceptors (Lipinski definition) is 4. The van der Waals surface area contributed by atoms with Crippen molar-refractivity contribution in [2.75, 3.05) is 5.73 Å². The Labute approximate surface area is 152 Å². The summed E-state index contributed by atoms with van der Waals surface area (Å²) in [6, 6.07) is 14.4. The van der Waals surface area contributed by atoms with Crippen molar-refractivity contribution < 1.29 is 13.2 Å². The first-order chi connectivity index (χ1) is 12.9. The van der Waals surface area contributed by atoms with Gasteiger partial charge in [0.25, 0.3) is 0 Å². The van der Waals surface area contributed by atoms with E-state index in [1.807, 2.05) is 30.3 Å². The monoisotopic (exact) mass is 369 g/mol. The van der Waals surface area contributed by atoms with E-state index in [4.69, 9.17) is 5.73 Å². The SMILES string of the molecule is Nc1nc(-c2ccccc2)nc2nn(Cc3ccc(C(F)(F)F)cc3)cc12. The number of anilines is 1. The highest BCUT2D eigenvalue weighted by molar-refractivity contribution is 5.86. The van der Waals surface area contributed by atoms with Crippen LogP contribution in [0.1, 0.15) is 11.1 Å². The molecule has 2 aromatic carbocycles. The average molecular weight is 369 g/mol.